The van der Waals surface area contributed by atoms with Gasteiger partial charge in [-0.1, -0.05) is 36.0 Å². The highest BCUT2D eigenvalue weighted by Gasteiger charge is 2.27. The first-order chi connectivity index (χ1) is 13.0. The van der Waals surface area contributed by atoms with Gasteiger partial charge in [-0.15, -0.1) is 0 Å². The highest BCUT2D eigenvalue weighted by Crippen LogP contribution is 2.31. The first-order valence-electron chi connectivity index (χ1n) is 8.58. The van der Waals surface area contributed by atoms with Gasteiger partial charge in [-0.3, -0.25) is 0 Å². The molecular formula is C20H23N3O3S. The van der Waals surface area contributed by atoms with E-state index in [-0.39, 0.29) is 19.6 Å². The molecule has 1 heterocycles. The molecule has 0 radical (unpaired) electrons. The maximum atomic E-state index is 10.3. The van der Waals surface area contributed by atoms with Crippen molar-refractivity contribution in [2.45, 2.75) is 27.9 Å². The van der Waals surface area contributed by atoms with Crippen LogP contribution in [0.1, 0.15) is 18.1 Å². The molecule has 2 aromatic carbocycles. The lowest BCUT2D eigenvalue weighted by atomic mass is 9.92. The molecule has 27 heavy (non-hydrogen) atoms. The van der Waals surface area contributed by atoms with Gasteiger partial charge in [0.05, 0.1) is 43.1 Å². The number of nitrogens with two attached hydrogens (primary N) is 1. The average molecular weight is 385 g/mol. The number of hydrogen-bond donors (Lipinski definition) is 5. The normalized spacial score (nSPS) is 12.9. The molecule has 0 saturated carbocycles. The van der Waals surface area contributed by atoms with Crippen LogP contribution in [-0.4, -0.2) is 44.0 Å². The molecule has 6 nitrogen and oxygen atoms in total. The number of rotatable bonds is 8. The number of hydrogen-bond acceptors (Lipinski definition) is 6. The fraction of sp³-hybridized carbons (Fsp3) is 0.250. The van der Waals surface area contributed by atoms with Crippen LogP contribution >= 0.6 is 11.8 Å². The quantitative estimate of drug-likeness (QED) is 0.406. The van der Waals surface area contributed by atoms with Crippen LogP contribution in [-0.2, 0) is 0 Å². The van der Waals surface area contributed by atoms with Gasteiger partial charge in [-0.2, -0.15) is 0 Å². The molecule has 1 aromatic heterocycles. The van der Waals surface area contributed by atoms with Gasteiger partial charge in [-0.05, 0) is 41.8 Å². The standard InChI is InChI=1S/C20H23N3O3S/c21-20(11-24,12-25)9-19(26)15-3-7-17(8-4-15)27-16-5-1-14(2-6-16)18-10-22-13-23-18/h1-8,10,13,19,24-26H,9,11-12,21H2,(H,22,23). The van der Waals surface area contributed by atoms with Gasteiger partial charge in [-0.25, -0.2) is 4.98 Å². The molecule has 0 saturated heterocycles. The maximum Gasteiger partial charge on any atom is 0.0924 e. The second-order valence-electron chi connectivity index (χ2n) is 6.56. The number of benzene rings is 2. The summed E-state index contributed by atoms with van der Waals surface area (Å²) in [5, 5.41) is 28.8. The Morgan fingerprint density at radius 1 is 1.00 bits per heavy atom. The second-order valence-corrected chi connectivity index (χ2v) is 7.71. The Labute approximate surface area is 162 Å². The minimum absolute atomic E-state index is 0.0849. The first-order valence-corrected chi connectivity index (χ1v) is 9.40. The number of aromatic amines is 1. The summed E-state index contributed by atoms with van der Waals surface area (Å²) in [7, 11) is 0. The van der Waals surface area contributed by atoms with E-state index in [1.54, 1.807) is 24.3 Å². The smallest absolute Gasteiger partial charge is 0.0924 e. The predicted molar refractivity (Wildman–Crippen MR) is 105 cm³/mol. The molecule has 1 atom stereocenters. The number of nitrogens with one attached hydrogen (secondary N) is 1. The van der Waals surface area contributed by atoms with Gasteiger partial charge in [0.1, 0.15) is 0 Å². The number of aliphatic hydroxyl groups excluding tert-OH is 3. The van der Waals surface area contributed by atoms with Crippen molar-refractivity contribution in [2.24, 2.45) is 5.73 Å². The molecular weight excluding hydrogens is 362 g/mol. The fourth-order valence-corrected chi connectivity index (χ4v) is 3.51. The van der Waals surface area contributed by atoms with E-state index in [9.17, 15) is 15.3 Å². The second kappa shape index (κ2) is 8.69. The van der Waals surface area contributed by atoms with E-state index in [0.717, 1.165) is 21.0 Å². The molecule has 0 spiro atoms. The van der Waals surface area contributed by atoms with E-state index < -0.39 is 11.6 Å². The van der Waals surface area contributed by atoms with Crippen molar-refractivity contribution in [2.75, 3.05) is 13.2 Å². The molecule has 0 aliphatic carbocycles. The van der Waals surface area contributed by atoms with Crippen molar-refractivity contribution in [3.63, 3.8) is 0 Å². The van der Waals surface area contributed by atoms with Gasteiger partial charge in [0.2, 0.25) is 0 Å². The fourth-order valence-electron chi connectivity index (χ4n) is 2.69. The summed E-state index contributed by atoms with van der Waals surface area (Å²) >= 11 is 1.62. The van der Waals surface area contributed by atoms with Crippen molar-refractivity contribution in [3.05, 3.63) is 66.6 Å². The summed E-state index contributed by atoms with van der Waals surface area (Å²) in [5.74, 6) is 0. The zero-order chi connectivity index (χ0) is 19.3. The van der Waals surface area contributed by atoms with E-state index >= 15 is 0 Å². The van der Waals surface area contributed by atoms with Gasteiger partial charge >= 0.3 is 0 Å². The Hall–Kier alpha value is -2.16. The number of aliphatic hydroxyl groups is 3. The van der Waals surface area contributed by atoms with Gasteiger partial charge in [0.15, 0.2) is 0 Å². The SMILES string of the molecule is NC(CO)(CO)CC(O)c1ccc(Sc2ccc(-c3cnc[nH]3)cc2)cc1. The Morgan fingerprint density at radius 2 is 1.59 bits per heavy atom. The minimum Gasteiger partial charge on any atom is -0.394 e. The van der Waals surface area contributed by atoms with Crippen molar-refractivity contribution in [1.29, 1.82) is 0 Å². The zero-order valence-electron chi connectivity index (χ0n) is 14.7. The van der Waals surface area contributed by atoms with Crippen LogP contribution in [0.15, 0.2) is 70.8 Å². The van der Waals surface area contributed by atoms with Crippen LogP contribution in [0.5, 0.6) is 0 Å². The highest BCUT2D eigenvalue weighted by atomic mass is 32.2. The molecule has 0 fully saturated rings. The summed E-state index contributed by atoms with van der Waals surface area (Å²) < 4.78 is 0. The van der Waals surface area contributed by atoms with Crippen LogP contribution in [0.25, 0.3) is 11.3 Å². The Kier molecular flexibility index (Phi) is 6.30. The zero-order valence-corrected chi connectivity index (χ0v) is 15.6. The number of H-pyrrole nitrogens is 1. The van der Waals surface area contributed by atoms with Crippen molar-refractivity contribution >= 4 is 11.8 Å². The molecule has 3 rings (SSSR count). The summed E-state index contributed by atoms with van der Waals surface area (Å²) in [5.41, 5.74) is 7.41. The lowest BCUT2D eigenvalue weighted by Gasteiger charge is -2.27. The first kappa shape index (κ1) is 19.6. The van der Waals surface area contributed by atoms with Crippen LogP contribution in [0.3, 0.4) is 0 Å². The minimum atomic E-state index is -1.19. The van der Waals surface area contributed by atoms with E-state index in [2.05, 4.69) is 22.1 Å². The Bertz CT molecular complexity index is 832. The largest absolute Gasteiger partial charge is 0.394 e. The van der Waals surface area contributed by atoms with Gasteiger partial charge in [0.25, 0.3) is 0 Å². The van der Waals surface area contributed by atoms with Crippen LogP contribution in [0, 0.1) is 0 Å². The molecule has 0 aliphatic rings. The molecule has 142 valence electrons. The maximum absolute atomic E-state index is 10.3. The molecule has 3 aromatic rings. The van der Waals surface area contributed by atoms with E-state index in [4.69, 9.17) is 5.73 Å². The third-order valence-corrected chi connectivity index (χ3v) is 5.41. The summed E-state index contributed by atoms with van der Waals surface area (Å²) in [6.07, 6.45) is 2.68. The number of aromatic nitrogens is 2. The van der Waals surface area contributed by atoms with Crippen molar-refractivity contribution in [3.8, 4) is 11.3 Å². The van der Waals surface area contributed by atoms with Crippen LogP contribution in [0.4, 0.5) is 0 Å². The topological polar surface area (TPSA) is 115 Å². The molecule has 1 unspecified atom stereocenters. The molecule has 0 bridgehead atoms. The highest BCUT2D eigenvalue weighted by molar-refractivity contribution is 7.99. The van der Waals surface area contributed by atoms with E-state index in [1.165, 1.54) is 0 Å². The molecule has 0 amide bonds. The summed E-state index contributed by atoms with van der Waals surface area (Å²) in [4.78, 5) is 9.26. The van der Waals surface area contributed by atoms with Gasteiger partial charge < -0.3 is 26.0 Å². The lowest BCUT2D eigenvalue weighted by Crippen LogP contribution is -2.48. The summed E-state index contributed by atoms with van der Waals surface area (Å²) in [6, 6.07) is 15.7. The van der Waals surface area contributed by atoms with E-state index in [0.29, 0.717) is 5.56 Å². The number of nitrogens with zero attached hydrogens (tertiary/aromatic N) is 1. The molecule has 7 heteroatoms. The van der Waals surface area contributed by atoms with Crippen LogP contribution < -0.4 is 5.73 Å². The van der Waals surface area contributed by atoms with E-state index in [1.807, 2.05) is 36.4 Å². The Balaban J connectivity index is 1.63. The molecule has 0 aliphatic heterocycles. The number of imidazole rings is 1. The third-order valence-electron chi connectivity index (χ3n) is 4.39. The summed E-state index contributed by atoms with van der Waals surface area (Å²) in [6.45, 7) is -0.772. The molecule has 6 N–H and O–H groups in total. The average Bonchev–Trinajstić information content (AvgIpc) is 3.24. The van der Waals surface area contributed by atoms with Crippen molar-refractivity contribution < 1.29 is 15.3 Å². The lowest BCUT2D eigenvalue weighted by molar-refractivity contribution is 0.0618. The predicted octanol–water partition coefficient (Wildman–Crippen LogP) is 2.33. The third kappa shape index (κ3) is 4.97. The Morgan fingerprint density at radius 3 is 2.11 bits per heavy atom. The van der Waals surface area contributed by atoms with Gasteiger partial charge in [0, 0.05) is 9.79 Å². The van der Waals surface area contributed by atoms with Crippen LogP contribution in [0.2, 0.25) is 0 Å². The van der Waals surface area contributed by atoms with Crippen molar-refractivity contribution in [1.82, 2.24) is 9.97 Å². The monoisotopic (exact) mass is 385 g/mol.